The first-order valence-corrected chi connectivity index (χ1v) is 12.0. The molecule has 0 atom stereocenters. The molecule has 1 N–H and O–H groups in total. The molecule has 178 valence electrons. The maximum atomic E-state index is 13.3. The summed E-state index contributed by atoms with van der Waals surface area (Å²) in [5.74, 6) is 1.77. The lowest BCUT2D eigenvalue weighted by Crippen LogP contribution is -2.28. The van der Waals surface area contributed by atoms with Crippen molar-refractivity contribution >= 4 is 57.8 Å². The maximum Gasteiger partial charge on any atom is 0.271 e. The van der Waals surface area contributed by atoms with Crippen molar-refractivity contribution in [3.05, 3.63) is 80.7 Å². The van der Waals surface area contributed by atoms with E-state index in [0.717, 1.165) is 17.3 Å². The molecule has 2 aliphatic rings. The van der Waals surface area contributed by atoms with E-state index in [1.165, 1.54) is 4.90 Å². The summed E-state index contributed by atoms with van der Waals surface area (Å²) in [5.41, 5.74) is 1.91. The molecular weight excluding hydrogens is 511 g/mol. The molecule has 1 fully saturated rings. The number of nitrogens with zero attached hydrogens (tertiary/aromatic N) is 1. The minimum absolute atomic E-state index is 0.0819. The van der Waals surface area contributed by atoms with Gasteiger partial charge in [0.2, 0.25) is 6.79 Å². The van der Waals surface area contributed by atoms with Crippen LogP contribution in [0.3, 0.4) is 0 Å². The Morgan fingerprint density at radius 1 is 1.11 bits per heavy atom. The van der Waals surface area contributed by atoms with E-state index < -0.39 is 0 Å². The second-order valence-corrected chi connectivity index (χ2v) is 9.37. The third-order valence-corrected chi connectivity index (χ3v) is 6.82. The molecule has 0 saturated carbocycles. The van der Waals surface area contributed by atoms with Crippen LogP contribution in [0.15, 0.2) is 59.5 Å². The molecule has 35 heavy (non-hydrogen) atoms. The molecule has 0 aromatic heterocycles. The van der Waals surface area contributed by atoms with Gasteiger partial charge < -0.3 is 18.9 Å². The van der Waals surface area contributed by atoms with E-state index in [-0.39, 0.29) is 24.5 Å². The summed E-state index contributed by atoms with van der Waals surface area (Å²) in [6.07, 6.45) is 1.69. The van der Waals surface area contributed by atoms with Crippen molar-refractivity contribution < 1.29 is 23.7 Å². The quantitative estimate of drug-likeness (QED) is 0.374. The summed E-state index contributed by atoms with van der Waals surface area (Å²) < 4.78 is 22.3. The third-order valence-electron chi connectivity index (χ3n) is 5.34. The average molecular weight is 529 g/mol. The van der Waals surface area contributed by atoms with Gasteiger partial charge in [-0.05, 0) is 48.2 Å². The monoisotopic (exact) mass is 528 g/mol. The summed E-state index contributed by atoms with van der Waals surface area (Å²) in [4.78, 5) is 15.0. The van der Waals surface area contributed by atoms with Gasteiger partial charge in [0.05, 0.1) is 17.7 Å². The van der Waals surface area contributed by atoms with Crippen LogP contribution in [0.1, 0.15) is 11.1 Å². The van der Waals surface area contributed by atoms with Gasteiger partial charge in [-0.2, -0.15) is 0 Å². The summed E-state index contributed by atoms with van der Waals surface area (Å²) in [7, 11) is 1.54. The molecule has 2 heterocycles. The highest BCUT2D eigenvalue weighted by molar-refractivity contribution is 8.19. The normalized spacial score (nSPS) is 15.7. The molecular formula is C25H18Cl2N2O5S. The second-order valence-electron chi connectivity index (χ2n) is 7.50. The van der Waals surface area contributed by atoms with Gasteiger partial charge in [0.1, 0.15) is 6.61 Å². The Labute approximate surface area is 215 Å². The number of nitrogens with one attached hydrogen (secondary N) is 1. The number of ether oxygens (including phenoxy) is 4. The number of carbonyl (C=O) groups excluding carboxylic acids is 1. The smallest absolute Gasteiger partial charge is 0.271 e. The molecule has 0 unspecified atom stereocenters. The van der Waals surface area contributed by atoms with Crippen LogP contribution in [-0.2, 0) is 11.4 Å². The molecule has 1 saturated heterocycles. The van der Waals surface area contributed by atoms with Crippen molar-refractivity contribution in [2.45, 2.75) is 6.61 Å². The lowest BCUT2D eigenvalue weighted by atomic mass is 10.1. The Hall–Kier alpha value is -3.33. The first-order valence-electron chi connectivity index (χ1n) is 10.4. The summed E-state index contributed by atoms with van der Waals surface area (Å²) in [5, 5.41) is 9.51. The fraction of sp³-hybridized carbons (Fsp3) is 0.120. The van der Waals surface area contributed by atoms with Crippen molar-refractivity contribution in [3.63, 3.8) is 0 Å². The van der Waals surface area contributed by atoms with E-state index in [1.807, 2.05) is 6.07 Å². The van der Waals surface area contributed by atoms with Gasteiger partial charge in [0, 0.05) is 27.2 Å². The number of thioether (sulfide) groups is 1. The average Bonchev–Trinajstić information content (AvgIpc) is 3.42. The summed E-state index contributed by atoms with van der Waals surface area (Å²) in [6, 6.07) is 15.7. The Bertz CT molecular complexity index is 1380. The minimum atomic E-state index is -0.326. The van der Waals surface area contributed by atoms with Crippen molar-refractivity contribution in [1.82, 2.24) is 0 Å². The molecule has 3 aromatic carbocycles. The van der Waals surface area contributed by atoms with E-state index in [4.69, 9.17) is 47.6 Å². The van der Waals surface area contributed by atoms with Crippen molar-refractivity contribution in [3.8, 4) is 23.0 Å². The largest absolute Gasteiger partial charge is 0.493 e. The van der Waals surface area contributed by atoms with Gasteiger partial charge in [-0.25, -0.2) is 0 Å². The number of rotatable bonds is 6. The van der Waals surface area contributed by atoms with Crippen LogP contribution in [0.5, 0.6) is 23.0 Å². The zero-order valence-electron chi connectivity index (χ0n) is 18.3. The van der Waals surface area contributed by atoms with Crippen LogP contribution in [0.2, 0.25) is 10.0 Å². The molecule has 0 radical (unpaired) electrons. The van der Waals surface area contributed by atoms with Crippen LogP contribution >= 0.6 is 35.0 Å². The molecule has 10 heteroatoms. The van der Waals surface area contributed by atoms with Crippen molar-refractivity contribution in [1.29, 1.82) is 5.41 Å². The molecule has 0 aliphatic carbocycles. The number of carbonyl (C=O) groups is 1. The predicted molar refractivity (Wildman–Crippen MR) is 137 cm³/mol. The van der Waals surface area contributed by atoms with E-state index in [1.54, 1.807) is 61.7 Å². The van der Waals surface area contributed by atoms with Gasteiger partial charge in [-0.1, -0.05) is 41.4 Å². The molecule has 1 amide bonds. The van der Waals surface area contributed by atoms with Crippen LogP contribution in [0, 0.1) is 5.41 Å². The number of hydrogen-bond acceptors (Lipinski definition) is 7. The minimum Gasteiger partial charge on any atom is -0.493 e. The first kappa shape index (κ1) is 23.4. The summed E-state index contributed by atoms with van der Waals surface area (Å²) >= 11 is 13.3. The number of hydrogen-bond donors (Lipinski definition) is 1. The number of amidine groups is 1. The SMILES string of the molecule is COc1cccc(/C=C2\SC(=N)N(c3ccc4c(c3)OCO4)C2=O)c1OCc1ccc(Cl)cc1Cl. The number of anilines is 1. The zero-order chi connectivity index (χ0) is 24.5. The number of fused-ring (bicyclic) bond motifs is 1. The fourth-order valence-electron chi connectivity index (χ4n) is 3.64. The lowest BCUT2D eigenvalue weighted by molar-refractivity contribution is -0.113. The first-order chi connectivity index (χ1) is 16.9. The lowest BCUT2D eigenvalue weighted by Gasteiger charge is -2.15. The number of benzene rings is 3. The van der Waals surface area contributed by atoms with Crippen LogP contribution in [0.25, 0.3) is 6.08 Å². The predicted octanol–water partition coefficient (Wildman–Crippen LogP) is 6.37. The highest BCUT2D eigenvalue weighted by atomic mass is 35.5. The van der Waals surface area contributed by atoms with Gasteiger partial charge in [0.15, 0.2) is 28.2 Å². The van der Waals surface area contributed by atoms with E-state index in [2.05, 4.69) is 0 Å². The molecule has 2 aliphatic heterocycles. The molecule has 5 rings (SSSR count). The Morgan fingerprint density at radius 2 is 1.94 bits per heavy atom. The topological polar surface area (TPSA) is 81.1 Å². The Morgan fingerprint density at radius 3 is 2.74 bits per heavy atom. The number of para-hydroxylation sites is 1. The van der Waals surface area contributed by atoms with Gasteiger partial charge in [-0.15, -0.1) is 0 Å². The summed E-state index contributed by atoms with van der Waals surface area (Å²) in [6.45, 7) is 0.302. The highest BCUT2D eigenvalue weighted by Crippen LogP contribution is 2.42. The number of halogens is 2. The van der Waals surface area contributed by atoms with E-state index in [0.29, 0.717) is 49.2 Å². The fourth-order valence-corrected chi connectivity index (χ4v) is 4.95. The number of amides is 1. The second kappa shape index (κ2) is 9.73. The van der Waals surface area contributed by atoms with Crippen molar-refractivity contribution in [2.24, 2.45) is 0 Å². The maximum absolute atomic E-state index is 13.3. The molecule has 7 nitrogen and oxygen atoms in total. The van der Waals surface area contributed by atoms with Crippen LogP contribution in [-0.4, -0.2) is 25.0 Å². The molecule has 3 aromatic rings. The van der Waals surface area contributed by atoms with Crippen LogP contribution in [0.4, 0.5) is 5.69 Å². The number of methoxy groups -OCH3 is 1. The Kier molecular flexibility index (Phi) is 6.51. The van der Waals surface area contributed by atoms with E-state index >= 15 is 0 Å². The van der Waals surface area contributed by atoms with Gasteiger partial charge in [-0.3, -0.25) is 15.1 Å². The third kappa shape index (κ3) is 4.65. The van der Waals surface area contributed by atoms with Crippen molar-refractivity contribution in [2.75, 3.05) is 18.8 Å². The van der Waals surface area contributed by atoms with E-state index in [9.17, 15) is 4.79 Å². The molecule has 0 bridgehead atoms. The molecule has 0 spiro atoms. The van der Waals surface area contributed by atoms with Crippen LogP contribution < -0.4 is 23.8 Å². The Balaban J connectivity index is 1.44. The standard InChI is InChI=1S/C25H18Cl2N2O5S/c1-31-20-4-2-3-14(23(20)32-12-15-5-6-16(26)10-18(15)27)9-22-24(30)29(25(28)35-22)17-7-8-19-21(11-17)34-13-33-19/h2-11,28H,12-13H2,1H3/b22-9-,28-25?. The highest BCUT2D eigenvalue weighted by Gasteiger charge is 2.34. The zero-order valence-corrected chi connectivity index (χ0v) is 20.7. The van der Waals surface area contributed by atoms with Gasteiger partial charge in [0.25, 0.3) is 5.91 Å². The van der Waals surface area contributed by atoms with Gasteiger partial charge >= 0.3 is 0 Å².